The summed E-state index contributed by atoms with van der Waals surface area (Å²) < 4.78 is 52.2. The fourth-order valence-corrected chi connectivity index (χ4v) is 3.87. The molecule has 0 saturated carbocycles. The summed E-state index contributed by atoms with van der Waals surface area (Å²) in [7, 11) is -3.66. The molecule has 2 rings (SSSR count). The second-order valence-corrected chi connectivity index (χ2v) is 7.07. The Bertz CT molecular complexity index is 538. The molecule has 3 nitrogen and oxygen atoms in total. The molecule has 1 aliphatic heterocycles. The van der Waals surface area contributed by atoms with Gasteiger partial charge in [0.25, 0.3) is 5.92 Å². The van der Waals surface area contributed by atoms with Gasteiger partial charge in [0.2, 0.25) is 10.0 Å². The van der Waals surface area contributed by atoms with Crippen LogP contribution in [0.5, 0.6) is 0 Å². The first-order valence-electron chi connectivity index (χ1n) is 5.45. The number of halogens is 3. The maximum Gasteiger partial charge on any atom is 0.250 e. The van der Waals surface area contributed by atoms with Crippen LogP contribution in [0.2, 0.25) is 0 Å². The van der Waals surface area contributed by atoms with E-state index in [0.717, 1.165) is 4.31 Å². The Morgan fingerprint density at radius 1 is 1.22 bits per heavy atom. The highest BCUT2D eigenvalue weighted by Gasteiger charge is 2.38. The Morgan fingerprint density at radius 3 is 2.39 bits per heavy atom. The highest BCUT2D eigenvalue weighted by atomic mass is 79.9. The van der Waals surface area contributed by atoms with Gasteiger partial charge in [0, 0.05) is 30.4 Å². The monoisotopic (exact) mass is 339 g/mol. The number of benzene rings is 1. The van der Waals surface area contributed by atoms with Crippen LogP contribution in [0.1, 0.15) is 12.8 Å². The van der Waals surface area contributed by atoms with Crippen LogP contribution in [0.25, 0.3) is 0 Å². The molecule has 0 unspecified atom stereocenters. The van der Waals surface area contributed by atoms with Crippen molar-refractivity contribution < 1.29 is 17.2 Å². The first kappa shape index (κ1) is 13.9. The maximum atomic E-state index is 13.0. The van der Waals surface area contributed by atoms with Crippen LogP contribution in [0.4, 0.5) is 8.78 Å². The summed E-state index contributed by atoms with van der Waals surface area (Å²) in [5.74, 6) is -2.75. The molecule has 0 spiro atoms. The topological polar surface area (TPSA) is 37.4 Å². The molecule has 0 radical (unpaired) electrons. The smallest absolute Gasteiger partial charge is 0.207 e. The van der Waals surface area contributed by atoms with Crippen molar-refractivity contribution in [2.24, 2.45) is 0 Å². The third kappa shape index (κ3) is 2.89. The van der Waals surface area contributed by atoms with Gasteiger partial charge in [-0.15, -0.1) is 0 Å². The standard InChI is InChI=1S/C11H12BrF2NO2S/c12-9-2-1-3-10(8-9)18(16,17)15-6-4-11(13,14)5-7-15/h1-3,8H,4-7H2. The lowest BCUT2D eigenvalue weighted by Crippen LogP contribution is -2.42. The van der Waals surface area contributed by atoms with Crippen molar-refractivity contribution in [1.82, 2.24) is 4.31 Å². The molecule has 0 atom stereocenters. The van der Waals surface area contributed by atoms with Crippen molar-refractivity contribution >= 4 is 26.0 Å². The zero-order valence-electron chi connectivity index (χ0n) is 9.44. The van der Waals surface area contributed by atoms with Crippen LogP contribution in [0.15, 0.2) is 33.6 Å². The molecule has 100 valence electrons. The van der Waals surface area contributed by atoms with E-state index < -0.39 is 28.8 Å². The fraction of sp³-hybridized carbons (Fsp3) is 0.455. The van der Waals surface area contributed by atoms with E-state index in [9.17, 15) is 17.2 Å². The van der Waals surface area contributed by atoms with Crippen molar-refractivity contribution in [1.29, 1.82) is 0 Å². The lowest BCUT2D eigenvalue weighted by molar-refractivity contribution is -0.0412. The summed E-state index contributed by atoms with van der Waals surface area (Å²) >= 11 is 3.19. The van der Waals surface area contributed by atoms with Gasteiger partial charge in [-0.05, 0) is 18.2 Å². The van der Waals surface area contributed by atoms with E-state index in [2.05, 4.69) is 15.9 Å². The van der Waals surface area contributed by atoms with E-state index in [1.54, 1.807) is 12.1 Å². The van der Waals surface area contributed by atoms with Gasteiger partial charge in [-0.25, -0.2) is 17.2 Å². The van der Waals surface area contributed by atoms with Crippen LogP contribution in [0.3, 0.4) is 0 Å². The Kier molecular flexibility index (Phi) is 3.75. The summed E-state index contributed by atoms with van der Waals surface area (Å²) in [4.78, 5) is 0.127. The Hall–Kier alpha value is -0.530. The number of hydrogen-bond donors (Lipinski definition) is 0. The van der Waals surface area contributed by atoms with Gasteiger partial charge in [-0.3, -0.25) is 0 Å². The van der Waals surface area contributed by atoms with Gasteiger partial charge >= 0.3 is 0 Å². The Balaban J connectivity index is 2.23. The third-order valence-corrected chi connectivity index (χ3v) is 5.28. The summed E-state index contributed by atoms with van der Waals surface area (Å²) in [6, 6.07) is 6.26. The van der Waals surface area contributed by atoms with Crippen LogP contribution in [0, 0.1) is 0 Å². The molecule has 0 aromatic heterocycles. The molecule has 0 N–H and O–H groups in total. The normalized spacial score (nSPS) is 20.8. The quantitative estimate of drug-likeness (QED) is 0.830. The molecular weight excluding hydrogens is 328 g/mol. The first-order valence-corrected chi connectivity index (χ1v) is 7.68. The van der Waals surface area contributed by atoms with Crippen molar-refractivity contribution in [3.63, 3.8) is 0 Å². The predicted octanol–water partition coefficient (Wildman–Crippen LogP) is 2.87. The lowest BCUT2D eigenvalue weighted by Gasteiger charge is -2.30. The SMILES string of the molecule is O=S(=O)(c1cccc(Br)c1)N1CCC(F)(F)CC1. The molecule has 1 heterocycles. The molecule has 18 heavy (non-hydrogen) atoms. The summed E-state index contributed by atoms with van der Waals surface area (Å²) in [6.45, 7) is -0.274. The first-order chi connectivity index (χ1) is 8.31. The van der Waals surface area contributed by atoms with E-state index >= 15 is 0 Å². The van der Waals surface area contributed by atoms with Crippen molar-refractivity contribution in [3.8, 4) is 0 Å². The number of rotatable bonds is 2. The number of sulfonamides is 1. The predicted molar refractivity (Wildman–Crippen MR) is 67.1 cm³/mol. The van der Waals surface area contributed by atoms with Gasteiger partial charge in [0.15, 0.2) is 0 Å². The summed E-state index contributed by atoms with van der Waals surface area (Å²) in [5.41, 5.74) is 0. The van der Waals surface area contributed by atoms with E-state index in [1.807, 2.05) is 0 Å². The minimum Gasteiger partial charge on any atom is -0.207 e. The zero-order valence-corrected chi connectivity index (χ0v) is 11.8. The summed E-state index contributed by atoms with van der Waals surface area (Å²) in [5, 5.41) is 0. The van der Waals surface area contributed by atoms with Gasteiger partial charge in [0.1, 0.15) is 0 Å². The number of alkyl halides is 2. The minimum absolute atomic E-state index is 0.127. The van der Waals surface area contributed by atoms with Crippen LogP contribution < -0.4 is 0 Å². The molecule has 7 heteroatoms. The lowest BCUT2D eigenvalue weighted by atomic mass is 10.1. The third-order valence-electron chi connectivity index (χ3n) is 2.89. The molecule has 0 amide bonds. The van der Waals surface area contributed by atoms with E-state index in [-0.39, 0.29) is 18.0 Å². The molecular formula is C11H12BrF2NO2S. The average molecular weight is 340 g/mol. The largest absolute Gasteiger partial charge is 0.250 e. The minimum atomic E-state index is -3.66. The van der Waals surface area contributed by atoms with Gasteiger partial charge in [-0.1, -0.05) is 22.0 Å². The Labute approximate surface area is 113 Å². The zero-order chi connectivity index (χ0) is 13.4. The van der Waals surface area contributed by atoms with Crippen molar-refractivity contribution in [2.75, 3.05) is 13.1 Å². The second kappa shape index (κ2) is 4.86. The highest BCUT2D eigenvalue weighted by Crippen LogP contribution is 2.31. The number of nitrogens with zero attached hydrogens (tertiary/aromatic N) is 1. The van der Waals surface area contributed by atoms with Gasteiger partial charge in [0.05, 0.1) is 4.90 Å². The molecule has 0 aliphatic carbocycles. The average Bonchev–Trinajstić information content (AvgIpc) is 2.28. The fourth-order valence-electron chi connectivity index (χ4n) is 1.83. The molecule has 1 aromatic rings. The van der Waals surface area contributed by atoms with E-state index in [1.165, 1.54) is 12.1 Å². The number of hydrogen-bond acceptors (Lipinski definition) is 2. The number of piperidine rings is 1. The molecule has 0 bridgehead atoms. The van der Waals surface area contributed by atoms with Crippen molar-refractivity contribution in [3.05, 3.63) is 28.7 Å². The van der Waals surface area contributed by atoms with Gasteiger partial charge in [-0.2, -0.15) is 4.31 Å². The van der Waals surface area contributed by atoms with Crippen LogP contribution in [-0.2, 0) is 10.0 Å². The van der Waals surface area contributed by atoms with E-state index in [4.69, 9.17) is 0 Å². The molecule has 1 aliphatic rings. The highest BCUT2D eigenvalue weighted by molar-refractivity contribution is 9.10. The van der Waals surface area contributed by atoms with Crippen LogP contribution in [-0.4, -0.2) is 31.7 Å². The van der Waals surface area contributed by atoms with Crippen molar-refractivity contribution in [2.45, 2.75) is 23.7 Å². The van der Waals surface area contributed by atoms with E-state index in [0.29, 0.717) is 4.47 Å². The van der Waals surface area contributed by atoms with Gasteiger partial charge < -0.3 is 0 Å². The maximum absolute atomic E-state index is 13.0. The summed E-state index contributed by atoms with van der Waals surface area (Å²) in [6.07, 6.45) is -0.833. The van der Waals surface area contributed by atoms with Crippen LogP contribution >= 0.6 is 15.9 Å². The molecule has 1 aromatic carbocycles. The molecule has 1 fully saturated rings. The second-order valence-electron chi connectivity index (χ2n) is 4.22. The Morgan fingerprint density at radius 2 is 1.83 bits per heavy atom. The molecule has 1 saturated heterocycles.